The normalized spacial score (nSPS) is 13.5. The van der Waals surface area contributed by atoms with Gasteiger partial charge in [-0.2, -0.15) is 22.7 Å². The van der Waals surface area contributed by atoms with E-state index in [1.54, 1.807) is 24.3 Å². The lowest BCUT2D eigenvalue weighted by atomic mass is 10.2. The van der Waals surface area contributed by atoms with Gasteiger partial charge in [-0.1, -0.05) is 11.6 Å². The van der Waals surface area contributed by atoms with Gasteiger partial charge in [0.05, 0.1) is 27.2 Å². The highest BCUT2D eigenvalue weighted by Crippen LogP contribution is 2.36. The van der Waals surface area contributed by atoms with Crippen LogP contribution < -0.4 is 15.0 Å². The van der Waals surface area contributed by atoms with E-state index >= 15 is 0 Å². The van der Waals surface area contributed by atoms with Crippen LogP contribution in [0.3, 0.4) is 0 Å². The number of alkyl halides is 3. The van der Waals surface area contributed by atoms with Gasteiger partial charge in [0.1, 0.15) is 13.2 Å². The third-order valence-corrected chi connectivity index (χ3v) is 5.88. The van der Waals surface area contributed by atoms with E-state index in [0.717, 1.165) is 12.1 Å². The molecule has 1 aliphatic rings. The summed E-state index contributed by atoms with van der Waals surface area (Å²) in [5.41, 5.74) is -0.171. The van der Waals surface area contributed by atoms with E-state index in [1.165, 1.54) is 27.5 Å². The van der Waals surface area contributed by atoms with Crippen molar-refractivity contribution in [1.29, 1.82) is 0 Å². The van der Waals surface area contributed by atoms with Crippen molar-refractivity contribution >= 4 is 28.3 Å². The molecule has 0 bridgehead atoms. The molecule has 0 saturated heterocycles. The number of hydrogen-bond donors (Lipinski definition) is 0. The quantitative estimate of drug-likeness (QED) is 0.355. The van der Waals surface area contributed by atoms with Crippen molar-refractivity contribution in [3.8, 4) is 28.6 Å². The molecule has 0 N–H and O–H groups in total. The van der Waals surface area contributed by atoms with Crippen LogP contribution in [0, 0.1) is 0 Å². The van der Waals surface area contributed by atoms with Crippen LogP contribution in [0.4, 0.5) is 13.2 Å². The maximum Gasteiger partial charge on any atom is 0.417 e. The number of aromatic nitrogens is 5. The van der Waals surface area contributed by atoms with Gasteiger partial charge in [-0.05, 0) is 42.5 Å². The maximum absolute atomic E-state index is 13.2. The molecule has 12 heteroatoms. The molecule has 0 fully saturated rings. The highest BCUT2D eigenvalue weighted by Gasteiger charge is 2.33. The number of halogens is 4. The SMILES string of the molecule is O=c1c2cnc3nc(-c4ccc5c(c4)OCCO5)nn3c2ccn1-c1ccc(C(F)(F)F)c(Cl)c1. The van der Waals surface area contributed by atoms with Gasteiger partial charge in [-0.15, -0.1) is 5.10 Å². The van der Waals surface area contributed by atoms with Crippen LogP contribution in [-0.2, 0) is 6.18 Å². The second kappa shape index (κ2) is 7.70. The van der Waals surface area contributed by atoms with Gasteiger partial charge in [0.25, 0.3) is 11.3 Å². The molecule has 0 atom stereocenters. The summed E-state index contributed by atoms with van der Waals surface area (Å²) in [6, 6.07) is 10.1. The molecular formula is C23H13ClF3N5O3. The number of hydrogen-bond acceptors (Lipinski definition) is 6. The lowest BCUT2D eigenvalue weighted by molar-refractivity contribution is -0.137. The van der Waals surface area contributed by atoms with E-state index in [2.05, 4.69) is 15.1 Å². The summed E-state index contributed by atoms with van der Waals surface area (Å²) < 4.78 is 52.9. The molecule has 3 aromatic heterocycles. The maximum atomic E-state index is 13.2. The molecule has 176 valence electrons. The van der Waals surface area contributed by atoms with Crippen LogP contribution in [0.1, 0.15) is 5.56 Å². The smallest absolute Gasteiger partial charge is 0.417 e. The van der Waals surface area contributed by atoms with Crippen LogP contribution in [0.5, 0.6) is 11.5 Å². The zero-order valence-corrected chi connectivity index (χ0v) is 18.3. The van der Waals surface area contributed by atoms with Crippen molar-refractivity contribution in [2.45, 2.75) is 6.18 Å². The minimum absolute atomic E-state index is 0.186. The Hall–Kier alpha value is -4.12. The minimum Gasteiger partial charge on any atom is -0.486 e. The Bertz CT molecular complexity index is 1700. The second-order valence-corrected chi connectivity index (χ2v) is 8.12. The molecule has 1 aliphatic heterocycles. The molecule has 0 spiro atoms. The van der Waals surface area contributed by atoms with Crippen LogP contribution in [0.2, 0.25) is 5.02 Å². The first-order valence-electron chi connectivity index (χ1n) is 10.3. The summed E-state index contributed by atoms with van der Waals surface area (Å²) in [5, 5.41) is 4.21. The summed E-state index contributed by atoms with van der Waals surface area (Å²) >= 11 is 5.83. The first-order valence-corrected chi connectivity index (χ1v) is 10.7. The number of benzene rings is 2. The van der Waals surface area contributed by atoms with E-state index in [0.29, 0.717) is 41.6 Å². The Kier molecular flexibility index (Phi) is 4.71. The molecule has 0 radical (unpaired) electrons. The van der Waals surface area contributed by atoms with Crippen LogP contribution in [0.15, 0.2) is 59.7 Å². The molecule has 0 amide bonds. The molecule has 0 aliphatic carbocycles. The van der Waals surface area contributed by atoms with E-state index in [1.807, 2.05) is 0 Å². The molecule has 0 saturated carbocycles. The fraction of sp³-hybridized carbons (Fsp3) is 0.130. The van der Waals surface area contributed by atoms with E-state index < -0.39 is 22.3 Å². The van der Waals surface area contributed by atoms with E-state index in [9.17, 15) is 18.0 Å². The summed E-state index contributed by atoms with van der Waals surface area (Å²) in [6.07, 6.45) is -1.80. The molecule has 8 nitrogen and oxygen atoms in total. The molecule has 35 heavy (non-hydrogen) atoms. The van der Waals surface area contributed by atoms with Crippen molar-refractivity contribution in [3.05, 3.63) is 75.8 Å². The molecule has 0 unspecified atom stereocenters. The number of ether oxygens (including phenoxy) is 2. The Morgan fingerprint density at radius 3 is 2.57 bits per heavy atom. The van der Waals surface area contributed by atoms with Crippen molar-refractivity contribution in [2.24, 2.45) is 0 Å². The number of rotatable bonds is 2. The van der Waals surface area contributed by atoms with Crippen LogP contribution in [0.25, 0.3) is 33.8 Å². The van der Waals surface area contributed by atoms with E-state index in [-0.39, 0.29) is 16.9 Å². The fourth-order valence-electron chi connectivity index (χ4n) is 3.91. The van der Waals surface area contributed by atoms with Crippen LogP contribution >= 0.6 is 11.6 Å². The summed E-state index contributed by atoms with van der Waals surface area (Å²) in [4.78, 5) is 21.9. The van der Waals surface area contributed by atoms with Gasteiger partial charge in [-0.3, -0.25) is 9.36 Å². The third kappa shape index (κ3) is 3.55. The van der Waals surface area contributed by atoms with Crippen molar-refractivity contribution in [2.75, 3.05) is 13.2 Å². The number of fused-ring (bicyclic) bond motifs is 4. The fourth-order valence-corrected chi connectivity index (χ4v) is 4.19. The van der Waals surface area contributed by atoms with Gasteiger partial charge in [0.2, 0.25) is 0 Å². The zero-order valence-electron chi connectivity index (χ0n) is 17.6. The molecular weight excluding hydrogens is 487 g/mol. The van der Waals surface area contributed by atoms with Crippen molar-refractivity contribution < 1.29 is 22.6 Å². The average Bonchev–Trinajstić information content (AvgIpc) is 3.28. The zero-order chi connectivity index (χ0) is 24.3. The summed E-state index contributed by atoms with van der Waals surface area (Å²) in [6.45, 7) is 0.919. The van der Waals surface area contributed by atoms with Gasteiger partial charge in [-0.25, -0.2) is 4.98 Å². The first kappa shape index (κ1) is 21.4. The molecule has 4 heterocycles. The second-order valence-electron chi connectivity index (χ2n) is 7.72. The highest BCUT2D eigenvalue weighted by atomic mass is 35.5. The predicted molar refractivity (Wildman–Crippen MR) is 120 cm³/mol. The average molecular weight is 500 g/mol. The largest absolute Gasteiger partial charge is 0.486 e. The van der Waals surface area contributed by atoms with Gasteiger partial charge in [0.15, 0.2) is 17.3 Å². The van der Waals surface area contributed by atoms with Crippen LogP contribution in [-0.4, -0.2) is 37.4 Å². The topological polar surface area (TPSA) is 83.5 Å². The van der Waals surface area contributed by atoms with E-state index in [4.69, 9.17) is 21.1 Å². The predicted octanol–water partition coefficient (Wildman–Crippen LogP) is 4.54. The standard InChI is InChI=1S/C23H13ClF3N5O3/c24-16-10-13(2-3-15(16)23(25,26)27)31-6-5-17-14(21(31)33)11-28-22-29-20(30-32(17)22)12-1-4-18-19(9-12)35-8-7-34-18/h1-6,9-11H,7-8H2. The number of nitrogens with zero attached hydrogens (tertiary/aromatic N) is 5. The molecule has 5 aromatic rings. The van der Waals surface area contributed by atoms with Gasteiger partial charge < -0.3 is 9.47 Å². The van der Waals surface area contributed by atoms with Gasteiger partial charge in [0, 0.05) is 18.0 Å². The van der Waals surface area contributed by atoms with Crippen molar-refractivity contribution in [1.82, 2.24) is 24.1 Å². The Morgan fingerprint density at radius 1 is 1.00 bits per heavy atom. The highest BCUT2D eigenvalue weighted by molar-refractivity contribution is 6.31. The Balaban J connectivity index is 1.45. The number of pyridine rings is 1. The summed E-state index contributed by atoms with van der Waals surface area (Å²) in [7, 11) is 0. The van der Waals surface area contributed by atoms with Crippen molar-refractivity contribution in [3.63, 3.8) is 0 Å². The first-order chi connectivity index (χ1) is 16.8. The molecule has 6 rings (SSSR count). The van der Waals surface area contributed by atoms with Gasteiger partial charge >= 0.3 is 6.18 Å². The monoisotopic (exact) mass is 499 g/mol. The Morgan fingerprint density at radius 2 is 1.80 bits per heavy atom. The lowest BCUT2D eigenvalue weighted by Crippen LogP contribution is -2.19. The third-order valence-electron chi connectivity index (χ3n) is 5.57. The lowest BCUT2D eigenvalue weighted by Gasteiger charge is -2.18. The Labute approximate surface area is 199 Å². The molecule has 2 aromatic carbocycles. The summed E-state index contributed by atoms with van der Waals surface area (Å²) in [5.74, 6) is 1.87. The minimum atomic E-state index is -4.60.